The van der Waals surface area contributed by atoms with Crippen molar-refractivity contribution in [3.05, 3.63) is 54.1 Å². The van der Waals surface area contributed by atoms with E-state index in [-0.39, 0.29) is 6.03 Å². The average Bonchev–Trinajstić information content (AvgIpc) is 3.30. The van der Waals surface area contributed by atoms with Crippen molar-refractivity contribution in [2.24, 2.45) is 0 Å². The Labute approximate surface area is 173 Å². The van der Waals surface area contributed by atoms with Gasteiger partial charge in [-0.1, -0.05) is 12.1 Å². The van der Waals surface area contributed by atoms with Crippen LogP contribution in [0.15, 0.2) is 48.5 Å². The minimum absolute atomic E-state index is 0.0111. The van der Waals surface area contributed by atoms with Gasteiger partial charge < -0.3 is 19.9 Å². The van der Waals surface area contributed by atoms with E-state index in [9.17, 15) is 4.79 Å². The Morgan fingerprint density at radius 3 is 2.17 bits per heavy atom. The van der Waals surface area contributed by atoms with Crippen molar-refractivity contribution in [1.82, 2.24) is 9.80 Å². The van der Waals surface area contributed by atoms with Gasteiger partial charge in [0.2, 0.25) is 0 Å². The van der Waals surface area contributed by atoms with Crippen LogP contribution in [0.25, 0.3) is 0 Å². The fourth-order valence-electron chi connectivity index (χ4n) is 4.03. The molecule has 29 heavy (non-hydrogen) atoms. The molecule has 2 saturated heterocycles. The molecule has 0 radical (unpaired) electrons. The van der Waals surface area contributed by atoms with Gasteiger partial charge in [0.1, 0.15) is 5.75 Å². The summed E-state index contributed by atoms with van der Waals surface area (Å²) in [6, 6.07) is 16.4. The highest BCUT2D eigenvalue weighted by Gasteiger charge is 2.21. The monoisotopic (exact) mass is 394 g/mol. The fourth-order valence-corrected chi connectivity index (χ4v) is 4.03. The molecule has 2 heterocycles. The maximum Gasteiger partial charge on any atom is 0.321 e. The van der Waals surface area contributed by atoms with Crippen LogP contribution in [-0.4, -0.2) is 62.2 Å². The lowest BCUT2D eigenvalue weighted by molar-refractivity contribution is 0.143. The summed E-state index contributed by atoms with van der Waals surface area (Å²) in [5.41, 5.74) is 3.37. The minimum Gasteiger partial charge on any atom is -0.497 e. The normalized spacial score (nSPS) is 17.4. The van der Waals surface area contributed by atoms with Crippen LogP contribution in [-0.2, 0) is 6.54 Å². The molecule has 2 aliphatic rings. The van der Waals surface area contributed by atoms with E-state index >= 15 is 0 Å². The predicted octanol–water partition coefficient (Wildman–Crippen LogP) is 3.65. The van der Waals surface area contributed by atoms with E-state index in [0.29, 0.717) is 0 Å². The molecule has 2 aliphatic heterocycles. The smallest absolute Gasteiger partial charge is 0.321 e. The zero-order valence-corrected chi connectivity index (χ0v) is 17.1. The average molecular weight is 395 g/mol. The summed E-state index contributed by atoms with van der Waals surface area (Å²) >= 11 is 0. The number of carbonyl (C=O) groups is 1. The minimum atomic E-state index is -0.0111. The summed E-state index contributed by atoms with van der Waals surface area (Å²) in [5.74, 6) is 0.878. The Morgan fingerprint density at radius 1 is 0.897 bits per heavy atom. The van der Waals surface area contributed by atoms with E-state index in [1.54, 1.807) is 7.11 Å². The molecule has 4 rings (SSSR count). The lowest BCUT2D eigenvalue weighted by Gasteiger charge is -2.34. The lowest BCUT2D eigenvalue weighted by Crippen LogP contribution is -2.49. The molecule has 0 atom stereocenters. The molecule has 2 aromatic carbocycles. The number of hydrogen-bond acceptors (Lipinski definition) is 4. The van der Waals surface area contributed by atoms with Crippen molar-refractivity contribution in [3.8, 4) is 5.75 Å². The first-order valence-corrected chi connectivity index (χ1v) is 10.5. The lowest BCUT2D eigenvalue weighted by atomic mass is 10.2. The number of nitrogens with one attached hydrogen (secondary N) is 1. The molecule has 0 aromatic heterocycles. The SMILES string of the molecule is COc1ccc(CN2CCN(C(=O)Nc3ccc(N4CCCC4)cc3)CC2)cc1. The van der Waals surface area contributed by atoms with Crippen LogP contribution >= 0.6 is 0 Å². The van der Waals surface area contributed by atoms with Crippen LogP contribution in [0, 0.1) is 0 Å². The summed E-state index contributed by atoms with van der Waals surface area (Å²) in [6.45, 7) is 6.42. The van der Waals surface area contributed by atoms with Gasteiger partial charge in [0.15, 0.2) is 0 Å². The third-order valence-corrected chi connectivity index (χ3v) is 5.81. The number of hydrogen-bond donors (Lipinski definition) is 1. The quantitative estimate of drug-likeness (QED) is 0.841. The third kappa shape index (κ3) is 5.01. The van der Waals surface area contributed by atoms with Crippen molar-refractivity contribution >= 4 is 17.4 Å². The van der Waals surface area contributed by atoms with Gasteiger partial charge in [-0.25, -0.2) is 4.79 Å². The van der Waals surface area contributed by atoms with E-state index in [1.165, 1.54) is 24.1 Å². The number of benzene rings is 2. The molecule has 6 nitrogen and oxygen atoms in total. The molecule has 2 amide bonds. The maximum atomic E-state index is 12.6. The number of amides is 2. The number of nitrogens with zero attached hydrogens (tertiary/aromatic N) is 3. The molecule has 6 heteroatoms. The summed E-state index contributed by atoms with van der Waals surface area (Å²) in [4.78, 5) is 19.3. The van der Waals surface area contributed by atoms with Crippen LogP contribution in [0.1, 0.15) is 18.4 Å². The molecule has 1 N–H and O–H groups in total. The Bertz CT molecular complexity index is 793. The van der Waals surface area contributed by atoms with Crippen LogP contribution < -0.4 is 15.0 Å². The van der Waals surface area contributed by atoms with Gasteiger partial charge in [-0.15, -0.1) is 0 Å². The zero-order chi connectivity index (χ0) is 20.1. The van der Waals surface area contributed by atoms with Crippen LogP contribution in [0.4, 0.5) is 16.2 Å². The second-order valence-corrected chi connectivity index (χ2v) is 7.78. The molecule has 154 valence electrons. The Balaban J connectivity index is 1.24. The highest BCUT2D eigenvalue weighted by molar-refractivity contribution is 5.89. The maximum absolute atomic E-state index is 12.6. The third-order valence-electron chi connectivity index (χ3n) is 5.81. The van der Waals surface area contributed by atoms with Gasteiger partial charge in [-0.3, -0.25) is 4.90 Å². The van der Waals surface area contributed by atoms with Gasteiger partial charge in [0.05, 0.1) is 7.11 Å². The largest absolute Gasteiger partial charge is 0.497 e. The number of anilines is 2. The topological polar surface area (TPSA) is 48.1 Å². The van der Waals surface area contributed by atoms with Crippen molar-refractivity contribution in [2.45, 2.75) is 19.4 Å². The summed E-state index contributed by atoms with van der Waals surface area (Å²) < 4.78 is 5.21. The molecular formula is C23H30N4O2. The van der Waals surface area contributed by atoms with Gasteiger partial charge >= 0.3 is 6.03 Å². The second kappa shape index (κ2) is 9.18. The van der Waals surface area contributed by atoms with Crippen molar-refractivity contribution in [2.75, 3.05) is 56.6 Å². The predicted molar refractivity (Wildman–Crippen MR) is 117 cm³/mol. The van der Waals surface area contributed by atoms with Gasteiger partial charge in [-0.2, -0.15) is 0 Å². The molecule has 2 fully saturated rings. The number of methoxy groups -OCH3 is 1. The molecule has 0 bridgehead atoms. The first-order valence-electron chi connectivity index (χ1n) is 10.5. The standard InChI is InChI=1S/C23H30N4O2/c1-29-22-10-4-19(5-11-22)18-25-14-16-27(17-15-25)23(28)24-20-6-8-21(9-7-20)26-12-2-3-13-26/h4-11H,2-3,12-18H2,1H3,(H,24,28). The molecule has 2 aromatic rings. The van der Waals surface area contributed by atoms with E-state index in [4.69, 9.17) is 4.74 Å². The highest BCUT2D eigenvalue weighted by Crippen LogP contribution is 2.22. The number of rotatable bonds is 5. The first kappa shape index (κ1) is 19.6. The van der Waals surface area contributed by atoms with E-state index in [0.717, 1.165) is 57.3 Å². The summed E-state index contributed by atoms with van der Waals surface area (Å²) in [5, 5.41) is 3.04. The number of piperazine rings is 1. The van der Waals surface area contributed by atoms with Crippen LogP contribution in [0.5, 0.6) is 5.75 Å². The molecule has 0 saturated carbocycles. The fraction of sp³-hybridized carbons (Fsp3) is 0.435. The Hall–Kier alpha value is -2.73. The summed E-state index contributed by atoms with van der Waals surface area (Å²) in [6.07, 6.45) is 2.53. The first-order chi connectivity index (χ1) is 14.2. The van der Waals surface area contributed by atoms with Gasteiger partial charge in [-0.05, 0) is 54.8 Å². The number of carbonyl (C=O) groups excluding carboxylic acids is 1. The number of ether oxygens (including phenoxy) is 1. The van der Waals surface area contributed by atoms with E-state index in [2.05, 4.69) is 39.4 Å². The van der Waals surface area contributed by atoms with Gasteiger partial charge in [0.25, 0.3) is 0 Å². The molecule has 0 spiro atoms. The Morgan fingerprint density at radius 2 is 1.55 bits per heavy atom. The summed E-state index contributed by atoms with van der Waals surface area (Å²) in [7, 11) is 1.68. The molecular weight excluding hydrogens is 364 g/mol. The highest BCUT2D eigenvalue weighted by atomic mass is 16.5. The molecule has 0 unspecified atom stereocenters. The zero-order valence-electron chi connectivity index (χ0n) is 17.1. The van der Waals surface area contributed by atoms with Crippen LogP contribution in [0.3, 0.4) is 0 Å². The van der Waals surface area contributed by atoms with Crippen LogP contribution in [0.2, 0.25) is 0 Å². The Kier molecular flexibility index (Phi) is 6.20. The van der Waals surface area contributed by atoms with Crippen molar-refractivity contribution in [3.63, 3.8) is 0 Å². The second-order valence-electron chi connectivity index (χ2n) is 7.78. The van der Waals surface area contributed by atoms with E-state index in [1.807, 2.05) is 29.2 Å². The molecule has 0 aliphatic carbocycles. The number of urea groups is 1. The van der Waals surface area contributed by atoms with Crippen molar-refractivity contribution < 1.29 is 9.53 Å². The van der Waals surface area contributed by atoms with E-state index < -0.39 is 0 Å². The van der Waals surface area contributed by atoms with Crippen molar-refractivity contribution in [1.29, 1.82) is 0 Å². The van der Waals surface area contributed by atoms with Gasteiger partial charge in [0, 0.05) is 57.2 Å².